The number of esters is 2. The number of piperazine rings is 1. The lowest BCUT2D eigenvalue weighted by atomic mass is 10.1. The number of hydrogen-bond donors (Lipinski definition) is 1. The first-order chi connectivity index (χ1) is 22.9. The lowest BCUT2D eigenvalue weighted by molar-refractivity contribution is -0.142. The average Bonchev–Trinajstić information content (AvgIpc) is 2.99. The predicted molar refractivity (Wildman–Crippen MR) is 168 cm³/mol. The summed E-state index contributed by atoms with van der Waals surface area (Å²) in [5.41, 5.74) is -2.37. The summed E-state index contributed by atoms with van der Waals surface area (Å²) in [4.78, 5) is 51.8. The molecule has 2 aromatic heterocycles. The van der Waals surface area contributed by atoms with Crippen molar-refractivity contribution in [1.29, 1.82) is 5.26 Å². The van der Waals surface area contributed by atoms with Crippen molar-refractivity contribution in [3.8, 4) is 11.8 Å². The van der Waals surface area contributed by atoms with Gasteiger partial charge in [-0.15, -0.1) is 0 Å². The van der Waals surface area contributed by atoms with Crippen molar-refractivity contribution in [2.45, 2.75) is 45.5 Å². The minimum Gasteiger partial charge on any atom is -0.465 e. The molecule has 1 aromatic carbocycles. The van der Waals surface area contributed by atoms with Crippen LogP contribution in [0.1, 0.15) is 31.4 Å². The van der Waals surface area contributed by atoms with E-state index in [1.165, 1.54) is 45.2 Å². The van der Waals surface area contributed by atoms with Crippen LogP contribution in [0.15, 0.2) is 29.2 Å². The summed E-state index contributed by atoms with van der Waals surface area (Å²) < 4.78 is 53.4. The van der Waals surface area contributed by atoms with Crippen LogP contribution in [0.25, 0.3) is 16.6 Å². The van der Waals surface area contributed by atoms with E-state index in [2.05, 4.69) is 21.5 Å². The molecule has 0 bridgehead atoms. The largest absolute Gasteiger partial charge is 0.465 e. The van der Waals surface area contributed by atoms with Crippen molar-refractivity contribution >= 4 is 34.6 Å². The molecular weight excluding hydrogens is 635 g/mol. The number of benzene rings is 1. The van der Waals surface area contributed by atoms with E-state index < -0.39 is 34.9 Å². The van der Waals surface area contributed by atoms with Gasteiger partial charge in [-0.25, -0.2) is 4.98 Å². The number of carbonyl (C=O) groups excluding carboxylic acids is 2. The molecule has 4 heterocycles. The van der Waals surface area contributed by atoms with E-state index in [0.717, 1.165) is 4.68 Å². The third kappa shape index (κ3) is 7.66. The molecule has 2 aliphatic heterocycles. The van der Waals surface area contributed by atoms with E-state index in [0.29, 0.717) is 51.6 Å². The molecule has 2 fully saturated rings. The Hall–Kier alpha value is -4.82. The summed E-state index contributed by atoms with van der Waals surface area (Å²) in [5.74, 6) is -0.235. The number of halogens is 3. The molecular formula is C31H36F3N9O5. The number of anilines is 2. The van der Waals surface area contributed by atoms with Crippen LogP contribution in [0.5, 0.6) is 0 Å². The summed E-state index contributed by atoms with van der Waals surface area (Å²) in [5, 5.41) is 17.0. The number of carbonyl (C=O) groups is 2. The first-order valence-electron chi connectivity index (χ1n) is 15.5. The number of aryl methyl sites for hydroxylation is 1. The Bertz CT molecular complexity index is 1750. The maximum atomic E-state index is 14.1. The summed E-state index contributed by atoms with van der Waals surface area (Å²) in [6, 6.07) is 5.88. The van der Waals surface area contributed by atoms with Gasteiger partial charge in [-0.1, -0.05) is 12.1 Å². The lowest BCUT2D eigenvalue weighted by Crippen LogP contribution is -2.61. The Kier molecular flexibility index (Phi) is 10.4. The summed E-state index contributed by atoms with van der Waals surface area (Å²) in [6.45, 7) is 7.28. The molecule has 2 saturated heterocycles. The number of hydrogen-bond acceptors (Lipinski definition) is 13. The van der Waals surface area contributed by atoms with E-state index in [9.17, 15) is 32.8 Å². The molecule has 0 aliphatic carbocycles. The second-order valence-electron chi connectivity index (χ2n) is 11.7. The van der Waals surface area contributed by atoms with E-state index in [-0.39, 0.29) is 54.1 Å². The van der Waals surface area contributed by atoms with Crippen LogP contribution < -0.4 is 20.7 Å². The normalized spacial score (nSPS) is 16.9. The summed E-state index contributed by atoms with van der Waals surface area (Å²) in [6.07, 6.45) is -3.18. The van der Waals surface area contributed by atoms with Gasteiger partial charge in [0.15, 0.2) is 0 Å². The third-order valence-electron chi connectivity index (χ3n) is 8.30. The van der Waals surface area contributed by atoms with Gasteiger partial charge in [0.25, 0.3) is 5.56 Å². The van der Waals surface area contributed by atoms with Crippen molar-refractivity contribution in [1.82, 2.24) is 30.0 Å². The Balaban J connectivity index is 1.53. The number of alkyl halides is 3. The second kappa shape index (κ2) is 14.5. The maximum Gasteiger partial charge on any atom is 0.418 e. The fourth-order valence-electron chi connectivity index (χ4n) is 5.95. The maximum absolute atomic E-state index is 14.1. The van der Waals surface area contributed by atoms with Gasteiger partial charge in [-0.05, 0) is 18.6 Å². The molecule has 1 unspecified atom stereocenters. The first kappa shape index (κ1) is 34.5. The smallest absolute Gasteiger partial charge is 0.418 e. The van der Waals surface area contributed by atoms with Gasteiger partial charge in [0.1, 0.15) is 24.5 Å². The zero-order valence-corrected chi connectivity index (χ0v) is 26.8. The summed E-state index contributed by atoms with van der Waals surface area (Å²) in [7, 11) is 0. The molecule has 3 aromatic rings. The number of ether oxygens (including phenoxy) is 2. The zero-order chi connectivity index (χ0) is 34.6. The summed E-state index contributed by atoms with van der Waals surface area (Å²) >= 11 is 0. The minimum absolute atomic E-state index is 0.0548. The van der Waals surface area contributed by atoms with Gasteiger partial charge in [-0.3, -0.25) is 19.3 Å². The third-order valence-corrected chi connectivity index (χ3v) is 8.30. The Morgan fingerprint density at radius 1 is 1.08 bits per heavy atom. The number of fused-ring (bicyclic) bond motifs is 1. The fourth-order valence-corrected chi connectivity index (χ4v) is 5.95. The van der Waals surface area contributed by atoms with Crippen LogP contribution in [0.4, 0.5) is 24.9 Å². The number of rotatable bonds is 11. The molecule has 14 nitrogen and oxygen atoms in total. The zero-order valence-electron chi connectivity index (χ0n) is 26.8. The highest BCUT2D eigenvalue weighted by Crippen LogP contribution is 2.36. The Morgan fingerprint density at radius 3 is 2.40 bits per heavy atom. The number of aromatic nitrogens is 4. The van der Waals surface area contributed by atoms with Gasteiger partial charge in [-0.2, -0.15) is 33.2 Å². The number of nitriles is 1. The molecule has 0 amide bonds. The molecule has 0 radical (unpaired) electrons. The monoisotopic (exact) mass is 671 g/mol. The van der Waals surface area contributed by atoms with E-state index >= 15 is 0 Å². The van der Waals surface area contributed by atoms with Crippen molar-refractivity contribution < 1.29 is 32.2 Å². The molecule has 17 heteroatoms. The predicted octanol–water partition coefficient (Wildman–Crippen LogP) is 1.81. The Morgan fingerprint density at radius 2 is 1.77 bits per heavy atom. The standard InChI is InChI=1S/C31H36F3N9O5/c1-19-5-4-6-25(26(19)31(32,33)34)43-29(46)27-24(15-37-43)28(41-10-9-36-22(16-41)7-8-35)39-30(38-27)42-17-23(18-42)40(11-13-47-20(2)44)12-14-48-21(3)45/h4-6,15,22-23,36H,7,9-14,16-18H2,1-3H3. The fraction of sp³-hybridized carbons (Fsp3) is 0.516. The van der Waals surface area contributed by atoms with Crippen LogP contribution in [0.3, 0.4) is 0 Å². The molecule has 256 valence electrons. The number of nitrogens with one attached hydrogen (secondary N) is 1. The molecule has 0 spiro atoms. The average molecular weight is 672 g/mol. The van der Waals surface area contributed by atoms with Crippen molar-refractivity contribution in [2.75, 3.05) is 68.8 Å². The molecule has 1 atom stereocenters. The van der Waals surface area contributed by atoms with Crippen molar-refractivity contribution in [3.63, 3.8) is 0 Å². The SMILES string of the molecule is CC(=O)OCCN(CCOC(C)=O)C1CN(c2nc(N3CCNC(CC#N)C3)c3cnn(-c4cccc(C)c4C(F)(F)F)c(=O)c3n2)C1. The highest BCUT2D eigenvalue weighted by Gasteiger charge is 2.37. The highest BCUT2D eigenvalue weighted by atomic mass is 19.4. The van der Waals surface area contributed by atoms with E-state index in [1.54, 1.807) is 0 Å². The van der Waals surface area contributed by atoms with Crippen LogP contribution in [-0.4, -0.2) is 108 Å². The molecule has 2 aliphatic rings. The van der Waals surface area contributed by atoms with Gasteiger partial charge >= 0.3 is 18.1 Å². The quantitative estimate of drug-likeness (QED) is 0.295. The van der Waals surface area contributed by atoms with Crippen LogP contribution in [0, 0.1) is 18.3 Å². The van der Waals surface area contributed by atoms with Crippen LogP contribution >= 0.6 is 0 Å². The van der Waals surface area contributed by atoms with E-state index in [1.807, 2.05) is 14.7 Å². The molecule has 5 rings (SSSR count). The molecule has 1 N–H and O–H groups in total. The highest BCUT2D eigenvalue weighted by molar-refractivity contribution is 5.89. The minimum atomic E-state index is -4.74. The van der Waals surface area contributed by atoms with Gasteiger partial charge < -0.3 is 24.6 Å². The van der Waals surface area contributed by atoms with Gasteiger partial charge in [0, 0.05) is 71.7 Å². The van der Waals surface area contributed by atoms with Crippen molar-refractivity contribution in [2.24, 2.45) is 0 Å². The topological polar surface area (TPSA) is 159 Å². The van der Waals surface area contributed by atoms with Crippen LogP contribution in [0.2, 0.25) is 0 Å². The number of nitrogens with zero attached hydrogens (tertiary/aromatic N) is 8. The van der Waals surface area contributed by atoms with E-state index in [4.69, 9.17) is 14.5 Å². The second-order valence-corrected chi connectivity index (χ2v) is 11.7. The molecule has 48 heavy (non-hydrogen) atoms. The Labute approximate surface area is 274 Å². The van der Waals surface area contributed by atoms with Crippen molar-refractivity contribution in [3.05, 3.63) is 45.9 Å². The van der Waals surface area contributed by atoms with Gasteiger partial charge in [0.2, 0.25) is 5.95 Å². The molecule has 0 saturated carbocycles. The lowest BCUT2D eigenvalue weighted by Gasteiger charge is -2.45. The van der Waals surface area contributed by atoms with Crippen LogP contribution in [-0.2, 0) is 25.2 Å². The van der Waals surface area contributed by atoms with Gasteiger partial charge in [0.05, 0.1) is 35.3 Å². The first-order valence-corrected chi connectivity index (χ1v) is 15.5.